The minimum absolute atomic E-state index is 0.140. The highest BCUT2D eigenvalue weighted by Crippen LogP contribution is 2.25. The summed E-state index contributed by atoms with van der Waals surface area (Å²) in [6, 6.07) is 2.45. The van der Waals surface area contributed by atoms with Gasteiger partial charge in [0, 0.05) is 26.3 Å². The molecule has 2 unspecified atom stereocenters. The molecule has 1 saturated heterocycles. The van der Waals surface area contributed by atoms with Gasteiger partial charge in [-0.25, -0.2) is 9.78 Å². The molecule has 0 bridgehead atoms. The van der Waals surface area contributed by atoms with Gasteiger partial charge in [0.05, 0.1) is 11.7 Å². The van der Waals surface area contributed by atoms with Gasteiger partial charge in [-0.2, -0.15) is 0 Å². The number of aliphatic carboxylic acids is 1. The highest BCUT2D eigenvalue weighted by molar-refractivity contribution is 5.92. The number of methoxy groups -OCH3 is 1. The van der Waals surface area contributed by atoms with E-state index in [2.05, 4.69) is 4.98 Å². The molecular weight excluding hydrogens is 250 g/mol. The second-order valence-corrected chi connectivity index (χ2v) is 4.37. The van der Waals surface area contributed by atoms with Crippen LogP contribution in [0.3, 0.4) is 0 Å². The summed E-state index contributed by atoms with van der Waals surface area (Å²) in [5, 5.41) is 9.20. The lowest BCUT2D eigenvalue weighted by Crippen LogP contribution is -2.36. The van der Waals surface area contributed by atoms with Crippen molar-refractivity contribution in [1.82, 2.24) is 4.98 Å². The maximum atomic E-state index is 11.2. The Labute approximate surface area is 110 Å². The van der Waals surface area contributed by atoms with Crippen LogP contribution in [-0.4, -0.2) is 47.8 Å². The summed E-state index contributed by atoms with van der Waals surface area (Å²) >= 11 is 0. The normalized spacial score (nSPS) is 22.5. The molecule has 2 heterocycles. The van der Waals surface area contributed by atoms with E-state index < -0.39 is 17.9 Å². The van der Waals surface area contributed by atoms with E-state index in [1.807, 2.05) is 0 Å². The predicted molar refractivity (Wildman–Crippen MR) is 66.9 cm³/mol. The van der Waals surface area contributed by atoms with Gasteiger partial charge in [0.25, 0.3) is 0 Å². The number of nitrogens with zero attached hydrogens (tertiary/aromatic N) is 2. The lowest BCUT2D eigenvalue weighted by atomic mass is 10.2. The first-order valence-electron chi connectivity index (χ1n) is 5.81. The summed E-state index contributed by atoms with van der Waals surface area (Å²) in [6.45, 7) is 0.455. The van der Waals surface area contributed by atoms with Crippen LogP contribution in [0.15, 0.2) is 18.3 Å². The van der Waals surface area contributed by atoms with E-state index in [-0.39, 0.29) is 11.7 Å². The third-order valence-electron chi connectivity index (χ3n) is 3.21. The maximum absolute atomic E-state index is 11.2. The van der Waals surface area contributed by atoms with Gasteiger partial charge < -0.3 is 20.5 Å². The van der Waals surface area contributed by atoms with Gasteiger partial charge in [-0.3, -0.25) is 4.79 Å². The molecule has 1 aromatic rings. The Bertz CT molecular complexity index is 488. The third-order valence-corrected chi connectivity index (χ3v) is 3.21. The van der Waals surface area contributed by atoms with Crippen LogP contribution in [-0.2, 0) is 9.53 Å². The fraction of sp³-hybridized carbons (Fsp3) is 0.417. The number of carboxylic acid groups (broad SMARTS) is 1. The topological polar surface area (TPSA) is 106 Å². The largest absolute Gasteiger partial charge is 0.480 e. The average molecular weight is 265 g/mol. The van der Waals surface area contributed by atoms with Crippen molar-refractivity contribution >= 4 is 17.7 Å². The smallest absolute Gasteiger partial charge is 0.326 e. The lowest BCUT2D eigenvalue weighted by molar-refractivity contribution is -0.138. The molecule has 1 aliphatic rings. The quantitative estimate of drug-likeness (QED) is 0.784. The number of primary amides is 1. The summed E-state index contributed by atoms with van der Waals surface area (Å²) in [5.74, 6) is -0.984. The Morgan fingerprint density at radius 1 is 1.53 bits per heavy atom. The molecule has 1 aliphatic heterocycles. The molecule has 0 radical (unpaired) electrons. The number of amides is 1. The number of nitrogens with two attached hydrogens (primary N) is 1. The summed E-state index contributed by atoms with van der Waals surface area (Å²) in [4.78, 5) is 27.9. The predicted octanol–water partition coefficient (Wildman–Crippen LogP) is -0.141. The fourth-order valence-electron chi connectivity index (χ4n) is 2.16. The molecule has 1 aromatic heterocycles. The molecule has 7 nitrogen and oxygen atoms in total. The number of pyridine rings is 1. The Hall–Kier alpha value is -2.15. The monoisotopic (exact) mass is 265 g/mol. The molecule has 3 N–H and O–H groups in total. The van der Waals surface area contributed by atoms with Crippen molar-refractivity contribution in [2.45, 2.75) is 18.6 Å². The van der Waals surface area contributed by atoms with Crippen molar-refractivity contribution < 1.29 is 19.4 Å². The summed E-state index contributed by atoms with van der Waals surface area (Å²) in [7, 11) is 1.55. The lowest BCUT2D eigenvalue weighted by Gasteiger charge is -2.22. The molecule has 102 valence electrons. The van der Waals surface area contributed by atoms with E-state index in [1.165, 1.54) is 12.3 Å². The van der Waals surface area contributed by atoms with E-state index >= 15 is 0 Å². The van der Waals surface area contributed by atoms with Gasteiger partial charge in [0.15, 0.2) is 0 Å². The van der Waals surface area contributed by atoms with Crippen LogP contribution in [0.2, 0.25) is 0 Å². The first-order chi connectivity index (χ1) is 9.02. The van der Waals surface area contributed by atoms with Crippen LogP contribution >= 0.6 is 0 Å². The standard InChI is InChI=1S/C12H15N3O4/c1-19-8-4-9(12(17)18)15(6-8)10-3-2-7(5-14-10)11(13)16/h2-3,5,8-9H,4,6H2,1H3,(H2,13,16)(H,17,18). The molecule has 1 amide bonds. The van der Waals surface area contributed by atoms with Crippen LogP contribution < -0.4 is 10.6 Å². The van der Waals surface area contributed by atoms with Gasteiger partial charge in [0.2, 0.25) is 5.91 Å². The van der Waals surface area contributed by atoms with Crippen LogP contribution in [0.5, 0.6) is 0 Å². The minimum Gasteiger partial charge on any atom is -0.480 e. The molecule has 0 spiro atoms. The van der Waals surface area contributed by atoms with Crippen molar-refractivity contribution in [2.24, 2.45) is 5.73 Å². The highest BCUT2D eigenvalue weighted by atomic mass is 16.5. The number of aromatic nitrogens is 1. The Morgan fingerprint density at radius 3 is 2.74 bits per heavy atom. The van der Waals surface area contributed by atoms with E-state index in [0.717, 1.165) is 0 Å². The van der Waals surface area contributed by atoms with Crippen molar-refractivity contribution in [1.29, 1.82) is 0 Å². The second-order valence-electron chi connectivity index (χ2n) is 4.37. The Kier molecular flexibility index (Phi) is 3.66. The molecule has 1 fully saturated rings. The summed E-state index contributed by atoms with van der Waals surface area (Å²) in [5.41, 5.74) is 5.42. The average Bonchev–Trinajstić information content (AvgIpc) is 2.83. The third kappa shape index (κ3) is 2.65. The van der Waals surface area contributed by atoms with Crippen molar-refractivity contribution in [3.8, 4) is 0 Å². The maximum Gasteiger partial charge on any atom is 0.326 e. The van der Waals surface area contributed by atoms with Gasteiger partial charge in [-0.05, 0) is 12.1 Å². The molecule has 0 aliphatic carbocycles. The van der Waals surface area contributed by atoms with Crippen LogP contribution in [0.4, 0.5) is 5.82 Å². The summed E-state index contributed by atoms with van der Waals surface area (Å²) in [6.07, 6.45) is 1.61. The number of ether oxygens (including phenoxy) is 1. The Balaban J connectivity index is 2.23. The molecular formula is C12H15N3O4. The Morgan fingerprint density at radius 2 is 2.26 bits per heavy atom. The minimum atomic E-state index is -0.916. The van der Waals surface area contributed by atoms with E-state index in [4.69, 9.17) is 10.5 Å². The first kappa shape index (κ1) is 13.3. The molecule has 2 rings (SSSR count). The number of rotatable bonds is 4. The molecule has 0 aromatic carbocycles. The van der Waals surface area contributed by atoms with Crippen LogP contribution in [0.25, 0.3) is 0 Å². The SMILES string of the molecule is COC1CC(C(=O)O)N(c2ccc(C(N)=O)cn2)C1. The zero-order valence-electron chi connectivity index (χ0n) is 10.4. The van der Waals surface area contributed by atoms with Crippen LogP contribution in [0, 0.1) is 0 Å². The van der Waals surface area contributed by atoms with Gasteiger partial charge >= 0.3 is 5.97 Å². The fourth-order valence-corrected chi connectivity index (χ4v) is 2.16. The number of carbonyl (C=O) groups excluding carboxylic acids is 1. The van der Waals surface area contributed by atoms with Crippen molar-refractivity contribution in [2.75, 3.05) is 18.6 Å². The first-order valence-corrected chi connectivity index (χ1v) is 5.81. The molecule has 0 saturated carbocycles. The number of anilines is 1. The van der Waals surface area contributed by atoms with E-state index in [9.17, 15) is 14.7 Å². The summed E-state index contributed by atoms with van der Waals surface area (Å²) < 4.78 is 5.20. The molecule has 2 atom stereocenters. The number of hydrogen-bond donors (Lipinski definition) is 2. The van der Waals surface area contributed by atoms with E-state index in [0.29, 0.717) is 18.8 Å². The van der Waals surface area contributed by atoms with Gasteiger partial charge in [-0.1, -0.05) is 0 Å². The van der Waals surface area contributed by atoms with Crippen molar-refractivity contribution in [3.05, 3.63) is 23.9 Å². The van der Waals surface area contributed by atoms with E-state index in [1.54, 1.807) is 18.1 Å². The van der Waals surface area contributed by atoms with Gasteiger partial charge in [-0.15, -0.1) is 0 Å². The number of hydrogen-bond acceptors (Lipinski definition) is 5. The highest BCUT2D eigenvalue weighted by Gasteiger charge is 2.37. The number of carbonyl (C=O) groups is 2. The molecule has 19 heavy (non-hydrogen) atoms. The number of carboxylic acids is 1. The zero-order valence-corrected chi connectivity index (χ0v) is 10.4. The van der Waals surface area contributed by atoms with Gasteiger partial charge in [0.1, 0.15) is 11.9 Å². The zero-order chi connectivity index (χ0) is 14.0. The van der Waals surface area contributed by atoms with Crippen molar-refractivity contribution in [3.63, 3.8) is 0 Å². The van der Waals surface area contributed by atoms with Crippen LogP contribution in [0.1, 0.15) is 16.8 Å². The second kappa shape index (κ2) is 5.23. The molecule has 7 heteroatoms.